The van der Waals surface area contributed by atoms with E-state index in [0.29, 0.717) is 17.6 Å². The lowest BCUT2D eigenvalue weighted by atomic mass is 9.96. The van der Waals surface area contributed by atoms with Crippen molar-refractivity contribution in [2.75, 3.05) is 13.2 Å². The number of halogens is 1. The standard InChI is InChI=1S/C16H21FO3/c1-11(2)16(19)20-10-13(9-18)8-12(3)14-6-4-5-7-15(14)17/h4-7,11,13,18H,3,8-10H2,1-2H3/t13-/m0/s1. The van der Waals surface area contributed by atoms with Crippen molar-refractivity contribution in [2.24, 2.45) is 11.8 Å². The molecule has 4 heteroatoms. The number of aliphatic hydroxyl groups is 1. The number of rotatable bonds is 7. The molecule has 1 aromatic rings. The number of carbonyl (C=O) groups is 1. The van der Waals surface area contributed by atoms with E-state index in [-0.39, 0.29) is 36.8 Å². The summed E-state index contributed by atoms with van der Waals surface area (Å²) in [5, 5.41) is 9.32. The van der Waals surface area contributed by atoms with Gasteiger partial charge in [-0.1, -0.05) is 38.6 Å². The number of hydrogen-bond donors (Lipinski definition) is 1. The van der Waals surface area contributed by atoms with E-state index in [2.05, 4.69) is 6.58 Å². The van der Waals surface area contributed by atoms with Crippen LogP contribution in [0.1, 0.15) is 25.8 Å². The molecule has 0 heterocycles. The molecule has 1 atom stereocenters. The van der Waals surface area contributed by atoms with Gasteiger partial charge in [0.1, 0.15) is 5.82 Å². The van der Waals surface area contributed by atoms with Gasteiger partial charge in [-0.15, -0.1) is 0 Å². The molecule has 1 aromatic carbocycles. The molecule has 3 nitrogen and oxygen atoms in total. The highest BCUT2D eigenvalue weighted by Gasteiger charge is 2.16. The van der Waals surface area contributed by atoms with Gasteiger partial charge in [-0.05, 0) is 18.1 Å². The van der Waals surface area contributed by atoms with Gasteiger partial charge in [0, 0.05) is 18.1 Å². The Kier molecular flexibility index (Phi) is 6.39. The van der Waals surface area contributed by atoms with Crippen LogP contribution in [-0.2, 0) is 9.53 Å². The Hall–Kier alpha value is -1.68. The number of hydrogen-bond acceptors (Lipinski definition) is 3. The maximum atomic E-state index is 13.6. The van der Waals surface area contributed by atoms with Crippen LogP contribution in [0.2, 0.25) is 0 Å². The maximum Gasteiger partial charge on any atom is 0.308 e. The lowest BCUT2D eigenvalue weighted by molar-refractivity contribution is -0.149. The van der Waals surface area contributed by atoms with E-state index in [1.165, 1.54) is 6.07 Å². The fourth-order valence-corrected chi connectivity index (χ4v) is 1.75. The van der Waals surface area contributed by atoms with Gasteiger partial charge in [0.15, 0.2) is 0 Å². The smallest absolute Gasteiger partial charge is 0.308 e. The minimum absolute atomic E-state index is 0.112. The first-order chi connectivity index (χ1) is 9.45. The van der Waals surface area contributed by atoms with E-state index in [1.54, 1.807) is 32.0 Å². The Morgan fingerprint density at radius 2 is 2.05 bits per heavy atom. The van der Waals surface area contributed by atoms with Gasteiger partial charge < -0.3 is 9.84 Å². The molecule has 0 aliphatic heterocycles. The molecule has 0 aliphatic rings. The Morgan fingerprint density at radius 3 is 2.60 bits per heavy atom. The summed E-state index contributed by atoms with van der Waals surface area (Å²) in [7, 11) is 0. The third-order valence-electron chi connectivity index (χ3n) is 2.98. The zero-order valence-electron chi connectivity index (χ0n) is 11.9. The largest absolute Gasteiger partial charge is 0.465 e. The predicted octanol–water partition coefficient (Wildman–Crippen LogP) is 3.04. The van der Waals surface area contributed by atoms with Gasteiger partial charge in [0.25, 0.3) is 0 Å². The summed E-state index contributed by atoms with van der Waals surface area (Å²) >= 11 is 0. The summed E-state index contributed by atoms with van der Waals surface area (Å²) in [4.78, 5) is 11.4. The minimum Gasteiger partial charge on any atom is -0.465 e. The first kappa shape index (κ1) is 16.4. The van der Waals surface area contributed by atoms with Crippen LogP contribution in [-0.4, -0.2) is 24.3 Å². The highest BCUT2D eigenvalue weighted by Crippen LogP contribution is 2.23. The second-order valence-electron chi connectivity index (χ2n) is 5.12. The number of carbonyl (C=O) groups excluding carboxylic acids is 1. The Bertz CT molecular complexity index is 469. The van der Waals surface area contributed by atoms with Crippen LogP contribution in [0.15, 0.2) is 30.8 Å². The quantitative estimate of drug-likeness (QED) is 0.781. The van der Waals surface area contributed by atoms with Gasteiger partial charge in [0.05, 0.1) is 12.5 Å². The average molecular weight is 280 g/mol. The Balaban J connectivity index is 2.58. The van der Waals surface area contributed by atoms with Gasteiger partial charge >= 0.3 is 5.97 Å². The van der Waals surface area contributed by atoms with Crippen LogP contribution in [0.4, 0.5) is 4.39 Å². The van der Waals surface area contributed by atoms with Crippen molar-refractivity contribution in [1.29, 1.82) is 0 Å². The molecule has 1 rings (SSSR count). The number of esters is 1. The van der Waals surface area contributed by atoms with Gasteiger partial charge in [-0.3, -0.25) is 4.79 Å². The monoisotopic (exact) mass is 280 g/mol. The first-order valence-corrected chi connectivity index (χ1v) is 6.65. The highest BCUT2D eigenvalue weighted by atomic mass is 19.1. The highest BCUT2D eigenvalue weighted by molar-refractivity contribution is 5.71. The van der Waals surface area contributed by atoms with Crippen LogP contribution in [0, 0.1) is 17.7 Å². The SMILES string of the molecule is C=C(C[C@@H](CO)COC(=O)C(C)C)c1ccccc1F. The fourth-order valence-electron chi connectivity index (χ4n) is 1.75. The van der Waals surface area contributed by atoms with Crippen molar-refractivity contribution in [3.8, 4) is 0 Å². The van der Waals surface area contributed by atoms with Crippen molar-refractivity contribution < 1.29 is 19.0 Å². The summed E-state index contributed by atoms with van der Waals surface area (Å²) in [6, 6.07) is 6.36. The van der Waals surface area contributed by atoms with Crippen molar-refractivity contribution in [3.05, 3.63) is 42.2 Å². The maximum absolute atomic E-state index is 13.6. The number of benzene rings is 1. The zero-order valence-corrected chi connectivity index (χ0v) is 11.9. The van der Waals surface area contributed by atoms with E-state index < -0.39 is 0 Å². The van der Waals surface area contributed by atoms with Crippen LogP contribution in [0.3, 0.4) is 0 Å². The number of aliphatic hydroxyl groups excluding tert-OH is 1. The lowest BCUT2D eigenvalue weighted by Crippen LogP contribution is -2.20. The third-order valence-corrected chi connectivity index (χ3v) is 2.98. The van der Waals surface area contributed by atoms with Crippen molar-refractivity contribution in [1.82, 2.24) is 0 Å². The topological polar surface area (TPSA) is 46.5 Å². The Labute approximate surface area is 119 Å². The van der Waals surface area contributed by atoms with E-state index in [4.69, 9.17) is 4.74 Å². The molecular weight excluding hydrogens is 259 g/mol. The van der Waals surface area contributed by atoms with Crippen LogP contribution in [0.5, 0.6) is 0 Å². The second-order valence-corrected chi connectivity index (χ2v) is 5.12. The lowest BCUT2D eigenvalue weighted by Gasteiger charge is -2.17. The molecule has 0 saturated heterocycles. The normalized spacial score (nSPS) is 12.2. The molecule has 1 N–H and O–H groups in total. The summed E-state index contributed by atoms with van der Waals surface area (Å²) in [5.74, 6) is -1.12. The number of allylic oxidation sites excluding steroid dienone is 1. The van der Waals surface area contributed by atoms with Gasteiger partial charge in [-0.25, -0.2) is 4.39 Å². The van der Waals surface area contributed by atoms with E-state index in [9.17, 15) is 14.3 Å². The predicted molar refractivity (Wildman–Crippen MR) is 76.4 cm³/mol. The molecular formula is C16H21FO3. The fraction of sp³-hybridized carbons (Fsp3) is 0.438. The molecule has 110 valence electrons. The molecule has 0 fully saturated rings. The van der Waals surface area contributed by atoms with Crippen molar-refractivity contribution >= 4 is 11.5 Å². The van der Waals surface area contributed by atoms with Crippen LogP contribution < -0.4 is 0 Å². The van der Waals surface area contributed by atoms with E-state index in [1.807, 2.05) is 0 Å². The van der Waals surface area contributed by atoms with E-state index in [0.717, 1.165) is 0 Å². The average Bonchev–Trinajstić information content (AvgIpc) is 2.43. The third kappa shape index (κ3) is 4.78. The molecule has 0 bridgehead atoms. The van der Waals surface area contributed by atoms with Crippen LogP contribution >= 0.6 is 0 Å². The summed E-state index contributed by atoms with van der Waals surface area (Å²) in [6.45, 7) is 7.31. The van der Waals surface area contributed by atoms with E-state index >= 15 is 0 Å². The molecule has 20 heavy (non-hydrogen) atoms. The molecule has 0 aliphatic carbocycles. The molecule has 0 amide bonds. The summed E-state index contributed by atoms with van der Waals surface area (Å²) in [5.41, 5.74) is 1.02. The van der Waals surface area contributed by atoms with Crippen molar-refractivity contribution in [3.63, 3.8) is 0 Å². The molecule has 0 saturated carbocycles. The number of ether oxygens (including phenoxy) is 1. The van der Waals surface area contributed by atoms with Gasteiger partial charge in [0.2, 0.25) is 0 Å². The Morgan fingerprint density at radius 1 is 1.40 bits per heavy atom. The molecule has 0 radical (unpaired) electrons. The van der Waals surface area contributed by atoms with Gasteiger partial charge in [-0.2, -0.15) is 0 Å². The molecule has 0 spiro atoms. The molecule has 0 unspecified atom stereocenters. The minimum atomic E-state index is -0.339. The van der Waals surface area contributed by atoms with Crippen LogP contribution in [0.25, 0.3) is 5.57 Å². The van der Waals surface area contributed by atoms with Crippen molar-refractivity contribution in [2.45, 2.75) is 20.3 Å². The second kappa shape index (κ2) is 7.80. The first-order valence-electron chi connectivity index (χ1n) is 6.65. The summed E-state index contributed by atoms with van der Waals surface area (Å²) < 4.78 is 18.7. The summed E-state index contributed by atoms with van der Waals surface area (Å²) in [6.07, 6.45) is 0.378. The zero-order chi connectivity index (χ0) is 15.1. The molecule has 0 aromatic heterocycles.